The zero-order chi connectivity index (χ0) is 20.9. The fourth-order valence-corrected chi connectivity index (χ4v) is 7.54. The molecule has 1 fully saturated rings. The van der Waals surface area contributed by atoms with Crippen LogP contribution in [0.2, 0.25) is 10.0 Å². The molecule has 2 aromatic carbocycles. The molecular weight excluding hydrogens is 452 g/mol. The third-order valence-electron chi connectivity index (χ3n) is 4.32. The Morgan fingerprint density at radius 1 is 1.14 bits per heavy atom. The van der Waals surface area contributed by atoms with E-state index in [4.69, 9.17) is 32.5 Å². The van der Waals surface area contributed by atoms with Crippen molar-refractivity contribution >= 4 is 47.3 Å². The highest BCUT2D eigenvalue weighted by atomic mass is 35.5. The van der Waals surface area contributed by atoms with Crippen molar-refractivity contribution in [3.8, 4) is 5.75 Å². The summed E-state index contributed by atoms with van der Waals surface area (Å²) >= 11 is 13.1. The van der Waals surface area contributed by atoms with Crippen LogP contribution in [-0.2, 0) is 14.1 Å². The lowest BCUT2D eigenvalue weighted by Crippen LogP contribution is -2.35. The van der Waals surface area contributed by atoms with Crippen LogP contribution in [0.4, 0.5) is 0 Å². The molecule has 0 bridgehead atoms. The standard InChI is InChI=1S/C20H22Cl2NO4PS/c1-14(20(24)26-17-7-5-6-8-17)23-28(25,27-18-9-3-2-4-10-18)29-19-12-15(21)11-16(22)13-19/h2-4,9-14,17H,5-8H2,1H3,(H,23,25)/t14-,28+/m0/s1. The van der Waals surface area contributed by atoms with E-state index in [1.165, 1.54) is 0 Å². The van der Waals surface area contributed by atoms with Gasteiger partial charge in [0, 0.05) is 14.9 Å². The molecule has 1 aliphatic carbocycles. The highest BCUT2D eigenvalue weighted by Crippen LogP contribution is 2.59. The van der Waals surface area contributed by atoms with E-state index in [9.17, 15) is 9.36 Å². The molecule has 0 radical (unpaired) electrons. The van der Waals surface area contributed by atoms with Crippen LogP contribution in [0.5, 0.6) is 5.75 Å². The van der Waals surface area contributed by atoms with Gasteiger partial charge in [0.1, 0.15) is 17.9 Å². The normalized spacial score (nSPS) is 17.5. The number of nitrogens with one attached hydrogen (secondary N) is 1. The van der Waals surface area contributed by atoms with Crippen molar-refractivity contribution in [2.45, 2.75) is 49.6 Å². The topological polar surface area (TPSA) is 64.6 Å². The summed E-state index contributed by atoms with van der Waals surface area (Å²) in [6.45, 7) is -1.99. The molecule has 2 aromatic rings. The lowest BCUT2D eigenvalue weighted by molar-refractivity contribution is -0.150. The monoisotopic (exact) mass is 473 g/mol. The van der Waals surface area contributed by atoms with Gasteiger partial charge in [0.2, 0.25) is 0 Å². The predicted molar refractivity (Wildman–Crippen MR) is 118 cm³/mol. The molecule has 2 atom stereocenters. The van der Waals surface area contributed by atoms with Crippen LogP contribution in [0.3, 0.4) is 0 Å². The molecule has 5 nitrogen and oxygen atoms in total. The van der Waals surface area contributed by atoms with Crippen LogP contribution in [-0.4, -0.2) is 18.1 Å². The molecule has 0 aliphatic heterocycles. The summed E-state index contributed by atoms with van der Waals surface area (Å²) in [5.74, 6) is -0.0289. The Balaban J connectivity index is 1.77. The summed E-state index contributed by atoms with van der Waals surface area (Å²) in [4.78, 5) is 13.0. The summed E-state index contributed by atoms with van der Waals surface area (Å²) in [7, 11) is 0. The molecule has 0 aromatic heterocycles. The van der Waals surface area contributed by atoms with E-state index in [2.05, 4.69) is 5.09 Å². The first-order chi connectivity index (χ1) is 13.8. The van der Waals surface area contributed by atoms with Gasteiger partial charge in [0.05, 0.1) is 0 Å². The van der Waals surface area contributed by atoms with Gasteiger partial charge in [-0.1, -0.05) is 41.4 Å². The van der Waals surface area contributed by atoms with Crippen molar-refractivity contribution in [3.05, 3.63) is 58.6 Å². The number of benzene rings is 2. The van der Waals surface area contributed by atoms with Crippen LogP contribution < -0.4 is 9.61 Å². The number of halogens is 2. The first kappa shape index (κ1) is 22.5. The Hall–Kier alpha value is -1.17. The predicted octanol–water partition coefficient (Wildman–Crippen LogP) is 6.74. The Morgan fingerprint density at radius 3 is 2.38 bits per heavy atom. The Labute approximate surface area is 184 Å². The molecule has 0 unspecified atom stereocenters. The van der Waals surface area contributed by atoms with Gasteiger partial charge in [-0.2, -0.15) is 0 Å². The minimum Gasteiger partial charge on any atom is -0.461 e. The van der Waals surface area contributed by atoms with E-state index in [0.717, 1.165) is 37.1 Å². The minimum atomic E-state index is -3.61. The highest BCUT2D eigenvalue weighted by molar-refractivity contribution is 8.56. The maximum Gasteiger partial charge on any atom is 0.379 e. The van der Waals surface area contributed by atoms with Crippen molar-refractivity contribution in [3.63, 3.8) is 0 Å². The van der Waals surface area contributed by atoms with Gasteiger partial charge in [-0.25, -0.2) is 9.65 Å². The molecule has 3 rings (SSSR count). The van der Waals surface area contributed by atoms with E-state index in [0.29, 0.717) is 20.7 Å². The third kappa shape index (κ3) is 6.94. The van der Waals surface area contributed by atoms with Crippen molar-refractivity contribution in [1.82, 2.24) is 5.09 Å². The highest BCUT2D eigenvalue weighted by Gasteiger charge is 2.33. The second-order valence-corrected chi connectivity index (χ2v) is 11.7. The van der Waals surface area contributed by atoms with Crippen molar-refractivity contribution < 1.29 is 18.6 Å². The molecule has 29 heavy (non-hydrogen) atoms. The molecule has 0 saturated heterocycles. The maximum absolute atomic E-state index is 13.7. The largest absolute Gasteiger partial charge is 0.461 e. The summed E-state index contributed by atoms with van der Waals surface area (Å²) in [6.07, 6.45) is 3.78. The Kier molecular flexibility index (Phi) is 7.94. The minimum absolute atomic E-state index is 0.0689. The first-order valence-corrected chi connectivity index (χ1v) is 13.1. The van der Waals surface area contributed by atoms with Crippen LogP contribution >= 0.6 is 41.3 Å². The average molecular weight is 474 g/mol. The third-order valence-corrected chi connectivity index (χ3v) is 8.49. The van der Waals surface area contributed by atoms with E-state index in [-0.39, 0.29) is 6.10 Å². The van der Waals surface area contributed by atoms with Crippen molar-refractivity contribution in [1.29, 1.82) is 0 Å². The van der Waals surface area contributed by atoms with Crippen LogP contribution in [0.1, 0.15) is 32.6 Å². The summed E-state index contributed by atoms with van der Waals surface area (Å²) in [5, 5.41) is 3.67. The van der Waals surface area contributed by atoms with Crippen LogP contribution in [0.25, 0.3) is 0 Å². The fourth-order valence-electron chi connectivity index (χ4n) is 2.97. The van der Waals surface area contributed by atoms with E-state index in [1.807, 2.05) is 6.07 Å². The second kappa shape index (κ2) is 10.2. The zero-order valence-corrected chi connectivity index (χ0v) is 19.1. The zero-order valence-electron chi connectivity index (χ0n) is 15.8. The van der Waals surface area contributed by atoms with Gasteiger partial charge in [-0.3, -0.25) is 4.79 Å². The summed E-state index contributed by atoms with van der Waals surface area (Å²) < 4.78 is 25.0. The van der Waals surface area contributed by atoms with Gasteiger partial charge >= 0.3 is 12.7 Å². The maximum atomic E-state index is 13.7. The smallest absolute Gasteiger partial charge is 0.379 e. The Bertz CT molecular complexity index is 873. The van der Waals surface area contributed by atoms with E-state index in [1.54, 1.807) is 49.4 Å². The number of rotatable bonds is 8. The molecule has 1 saturated carbocycles. The van der Waals surface area contributed by atoms with E-state index >= 15 is 0 Å². The first-order valence-electron chi connectivity index (χ1n) is 9.32. The molecule has 156 valence electrons. The van der Waals surface area contributed by atoms with Gasteiger partial charge in [-0.15, -0.1) is 0 Å². The second-order valence-electron chi connectivity index (χ2n) is 6.79. The molecule has 0 heterocycles. The van der Waals surface area contributed by atoms with Gasteiger partial charge in [0.25, 0.3) is 0 Å². The molecule has 0 amide bonds. The van der Waals surface area contributed by atoms with Gasteiger partial charge in [-0.05, 0) is 74.3 Å². The van der Waals surface area contributed by atoms with Crippen LogP contribution in [0, 0.1) is 0 Å². The average Bonchev–Trinajstić information content (AvgIpc) is 3.14. The SMILES string of the molecule is C[C@H](N[P@@](=O)(Oc1ccccc1)Sc1cc(Cl)cc(Cl)c1)C(=O)OC1CCCC1. The number of ether oxygens (including phenoxy) is 1. The number of hydrogen-bond donors (Lipinski definition) is 1. The number of esters is 1. The number of hydrogen-bond acceptors (Lipinski definition) is 5. The fraction of sp³-hybridized carbons (Fsp3) is 0.350. The van der Waals surface area contributed by atoms with Crippen molar-refractivity contribution in [2.24, 2.45) is 0 Å². The van der Waals surface area contributed by atoms with Gasteiger partial charge < -0.3 is 9.26 Å². The van der Waals surface area contributed by atoms with Gasteiger partial charge in [0.15, 0.2) is 0 Å². The molecular formula is C20H22Cl2NO4PS. The molecule has 0 spiro atoms. The lowest BCUT2D eigenvalue weighted by atomic mass is 10.3. The lowest BCUT2D eigenvalue weighted by Gasteiger charge is -2.24. The number of carbonyl (C=O) groups excluding carboxylic acids is 1. The summed E-state index contributed by atoms with van der Waals surface area (Å²) in [6, 6.07) is 12.8. The molecule has 1 aliphatic rings. The molecule has 9 heteroatoms. The quantitative estimate of drug-likeness (QED) is 0.338. The van der Waals surface area contributed by atoms with Crippen LogP contribution in [0.15, 0.2) is 53.4 Å². The number of carbonyl (C=O) groups is 1. The van der Waals surface area contributed by atoms with E-state index < -0.39 is 18.7 Å². The number of para-hydroxylation sites is 1. The Morgan fingerprint density at radius 2 is 1.76 bits per heavy atom. The molecule has 1 N–H and O–H groups in total. The van der Waals surface area contributed by atoms with Crippen molar-refractivity contribution in [2.75, 3.05) is 0 Å². The summed E-state index contributed by atoms with van der Waals surface area (Å²) in [5.41, 5.74) is 0.